The van der Waals surface area contributed by atoms with Crippen molar-refractivity contribution in [3.8, 4) is 5.75 Å². The summed E-state index contributed by atoms with van der Waals surface area (Å²) in [6.45, 7) is 1.79. The molecule has 0 aliphatic heterocycles. The smallest absolute Gasteiger partial charge is 0.170 e. The predicted octanol–water partition coefficient (Wildman–Crippen LogP) is 4.65. The van der Waals surface area contributed by atoms with Crippen LogP contribution in [0, 0.1) is 11.6 Å². The van der Waals surface area contributed by atoms with Crippen molar-refractivity contribution in [1.82, 2.24) is 4.90 Å². The molecule has 6 heteroatoms. The molecule has 2 aromatic carbocycles. The highest BCUT2D eigenvalue weighted by Gasteiger charge is 2.24. The van der Waals surface area contributed by atoms with Crippen LogP contribution in [0.5, 0.6) is 5.75 Å². The van der Waals surface area contributed by atoms with E-state index in [0.29, 0.717) is 17.4 Å². The molecule has 0 bridgehead atoms. The third-order valence-electron chi connectivity index (χ3n) is 4.34. The van der Waals surface area contributed by atoms with Gasteiger partial charge in [0.2, 0.25) is 0 Å². The van der Waals surface area contributed by atoms with E-state index in [2.05, 4.69) is 0 Å². The van der Waals surface area contributed by atoms with Gasteiger partial charge in [-0.3, -0.25) is 4.79 Å². The Morgan fingerprint density at radius 2 is 1.92 bits per heavy atom. The lowest BCUT2D eigenvalue weighted by Gasteiger charge is -2.24. The summed E-state index contributed by atoms with van der Waals surface area (Å²) >= 11 is 5.82. The lowest BCUT2D eigenvalue weighted by atomic mass is 9.92. The number of ether oxygens (including phenoxy) is 1. The van der Waals surface area contributed by atoms with Crippen LogP contribution >= 0.6 is 11.6 Å². The molecule has 3 nitrogen and oxygen atoms in total. The van der Waals surface area contributed by atoms with Gasteiger partial charge in [0.15, 0.2) is 17.9 Å². The van der Waals surface area contributed by atoms with E-state index in [1.54, 1.807) is 38.1 Å². The first kappa shape index (κ1) is 19.3. The molecular formula is C19H20ClF2NO2. The second-order valence-electron chi connectivity index (χ2n) is 6.03. The van der Waals surface area contributed by atoms with Gasteiger partial charge in [0.05, 0.1) is 12.1 Å². The quantitative estimate of drug-likeness (QED) is 0.696. The van der Waals surface area contributed by atoms with E-state index in [-0.39, 0.29) is 34.4 Å². The van der Waals surface area contributed by atoms with Crippen molar-refractivity contribution in [2.24, 2.45) is 0 Å². The minimum atomic E-state index is -0.582. The molecule has 0 N–H and O–H groups in total. The van der Waals surface area contributed by atoms with Gasteiger partial charge in [-0.05, 0) is 44.3 Å². The molecule has 1 unspecified atom stereocenters. The molecule has 0 saturated carbocycles. The third kappa shape index (κ3) is 3.83. The fourth-order valence-electron chi connectivity index (χ4n) is 2.71. The van der Waals surface area contributed by atoms with Crippen molar-refractivity contribution in [2.75, 3.05) is 21.2 Å². The Hall–Kier alpha value is -1.98. The van der Waals surface area contributed by atoms with Crippen molar-refractivity contribution in [3.05, 3.63) is 63.2 Å². The predicted molar refractivity (Wildman–Crippen MR) is 94.7 cm³/mol. The van der Waals surface area contributed by atoms with E-state index < -0.39 is 11.6 Å². The molecule has 0 saturated heterocycles. The van der Waals surface area contributed by atoms with E-state index >= 15 is 0 Å². The topological polar surface area (TPSA) is 29.5 Å². The number of nitrogens with zero attached hydrogens (tertiary/aromatic N) is 1. The molecule has 0 radical (unpaired) electrons. The Labute approximate surface area is 151 Å². The number of rotatable bonds is 6. The zero-order valence-corrected chi connectivity index (χ0v) is 15.3. The van der Waals surface area contributed by atoms with Crippen molar-refractivity contribution in [1.29, 1.82) is 0 Å². The summed E-state index contributed by atoms with van der Waals surface area (Å²) < 4.78 is 34.1. The van der Waals surface area contributed by atoms with Crippen LogP contribution in [-0.4, -0.2) is 32.4 Å². The van der Waals surface area contributed by atoms with Crippen molar-refractivity contribution in [2.45, 2.75) is 19.4 Å². The fraction of sp³-hybridized carbons (Fsp3) is 0.316. The zero-order chi connectivity index (χ0) is 18.7. The molecular weight excluding hydrogens is 348 g/mol. The van der Waals surface area contributed by atoms with Gasteiger partial charge in [0, 0.05) is 23.6 Å². The molecule has 0 aromatic heterocycles. The Balaban J connectivity index is 2.66. The van der Waals surface area contributed by atoms with Crippen LogP contribution in [0.25, 0.3) is 0 Å². The Morgan fingerprint density at radius 3 is 2.48 bits per heavy atom. The van der Waals surface area contributed by atoms with Crippen LogP contribution in [-0.2, 0) is 6.42 Å². The first-order chi connectivity index (χ1) is 11.8. The normalized spacial score (nSPS) is 12.3. The van der Waals surface area contributed by atoms with E-state index in [9.17, 15) is 13.6 Å². The van der Waals surface area contributed by atoms with Crippen LogP contribution in [0.3, 0.4) is 0 Å². The van der Waals surface area contributed by atoms with Gasteiger partial charge in [0.1, 0.15) is 5.82 Å². The average Bonchev–Trinajstić information content (AvgIpc) is 2.58. The summed E-state index contributed by atoms with van der Waals surface area (Å²) in [4.78, 5) is 13.5. The van der Waals surface area contributed by atoms with Crippen LogP contribution in [0.15, 0.2) is 24.3 Å². The van der Waals surface area contributed by atoms with Gasteiger partial charge in [0.25, 0.3) is 0 Å². The minimum Gasteiger partial charge on any atom is -0.494 e. The SMILES string of the molecule is COc1cc(Cc2cccc(Cl)c2F)c(C=O)c(C(C)N(C)C)c1F. The lowest BCUT2D eigenvalue weighted by molar-refractivity contribution is 0.111. The third-order valence-corrected chi connectivity index (χ3v) is 4.63. The molecule has 0 aliphatic rings. The highest BCUT2D eigenvalue weighted by molar-refractivity contribution is 6.30. The first-order valence-electron chi connectivity index (χ1n) is 7.75. The number of halogens is 3. The first-order valence-corrected chi connectivity index (χ1v) is 8.13. The van der Waals surface area contributed by atoms with E-state index in [1.165, 1.54) is 19.2 Å². The zero-order valence-electron chi connectivity index (χ0n) is 14.6. The lowest BCUT2D eigenvalue weighted by Crippen LogP contribution is -2.21. The molecule has 134 valence electrons. The highest BCUT2D eigenvalue weighted by Crippen LogP contribution is 2.34. The number of carbonyl (C=O) groups is 1. The Bertz CT molecular complexity index is 793. The van der Waals surface area contributed by atoms with E-state index in [4.69, 9.17) is 16.3 Å². The van der Waals surface area contributed by atoms with Crippen molar-refractivity contribution < 1.29 is 18.3 Å². The summed E-state index contributed by atoms with van der Waals surface area (Å²) in [6, 6.07) is 5.74. The molecule has 2 rings (SSSR count). The van der Waals surface area contributed by atoms with Gasteiger partial charge in [-0.1, -0.05) is 23.7 Å². The van der Waals surface area contributed by atoms with E-state index in [0.717, 1.165) is 0 Å². The Morgan fingerprint density at radius 1 is 1.24 bits per heavy atom. The molecule has 0 aliphatic carbocycles. The van der Waals surface area contributed by atoms with Crippen molar-refractivity contribution >= 4 is 17.9 Å². The molecule has 0 spiro atoms. The van der Waals surface area contributed by atoms with Gasteiger partial charge in [-0.15, -0.1) is 0 Å². The summed E-state index contributed by atoms with van der Waals surface area (Å²) in [5.41, 5.74) is 1.25. The molecule has 2 aromatic rings. The van der Waals surface area contributed by atoms with Gasteiger partial charge < -0.3 is 9.64 Å². The molecule has 25 heavy (non-hydrogen) atoms. The highest BCUT2D eigenvalue weighted by atomic mass is 35.5. The van der Waals surface area contributed by atoms with Crippen molar-refractivity contribution in [3.63, 3.8) is 0 Å². The molecule has 1 atom stereocenters. The fourth-order valence-corrected chi connectivity index (χ4v) is 2.91. The molecule has 0 heterocycles. The second kappa shape index (κ2) is 7.93. The monoisotopic (exact) mass is 367 g/mol. The van der Waals surface area contributed by atoms with Gasteiger partial charge in [-0.2, -0.15) is 0 Å². The average molecular weight is 368 g/mol. The van der Waals surface area contributed by atoms with Gasteiger partial charge in [-0.25, -0.2) is 8.78 Å². The Kier molecular flexibility index (Phi) is 6.14. The minimum absolute atomic E-state index is 0.00103. The summed E-state index contributed by atoms with van der Waals surface area (Å²) in [7, 11) is 4.93. The number of methoxy groups -OCH3 is 1. The van der Waals surface area contributed by atoms with Crippen LogP contribution in [0.4, 0.5) is 8.78 Å². The van der Waals surface area contributed by atoms with Crippen LogP contribution < -0.4 is 4.74 Å². The van der Waals surface area contributed by atoms with Crippen LogP contribution in [0.2, 0.25) is 5.02 Å². The maximum Gasteiger partial charge on any atom is 0.170 e. The summed E-state index contributed by atoms with van der Waals surface area (Å²) in [6.07, 6.45) is 0.708. The molecule has 0 amide bonds. The number of aldehydes is 1. The number of benzene rings is 2. The number of hydrogen-bond acceptors (Lipinski definition) is 3. The maximum absolute atomic E-state index is 14.8. The largest absolute Gasteiger partial charge is 0.494 e. The van der Waals surface area contributed by atoms with E-state index in [1.807, 2.05) is 0 Å². The summed E-state index contributed by atoms with van der Waals surface area (Å²) in [5, 5.41) is 0.00103. The molecule has 0 fully saturated rings. The maximum atomic E-state index is 14.8. The second-order valence-corrected chi connectivity index (χ2v) is 6.43. The van der Waals surface area contributed by atoms with Crippen LogP contribution in [0.1, 0.15) is 40.0 Å². The number of hydrogen-bond donors (Lipinski definition) is 0. The standard InChI is InChI=1S/C19H20ClF2NO2/c1-11(23(2)3)17-14(10-24)13(9-16(25-4)19(17)22)8-12-6-5-7-15(20)18(12)21/h5-7,9-11H,8H2,1-4H3. The van der Waals surface area contributed by atoms with Gasteiger partial charge >= 0.3 is 0 Å². The number of carbonyl (C=O) groups excluding carboxylic acids is 1. The summed E-state index contributed by atoms with van der Waals surface area (Å²) in [5.74, 6) is -1.11.